The van der Waals surface area contributed by atoms with Gasteiger partial charge in [-0.3, -0.25) is 0 Å². The van der Waals surface area contributed by atoms with Crippen LogP contribution in [0.4, 0.5) is 4.79 Å². The molecule has 1 rings (SSSR count). The van der Waals surface area contributed by atoms with Gasteiger partial charge in [0.2, 0.25) is 0 Å². The molecule has 0 aromatic carbocycles. The Morgan fingerprint density at radius 3 is 2.47 bits per heavy atom. The molecule has 1 heterocycles. The van der Waals surface area contributed by atoms with Crippen LogP contribution in [0, 0.1) is 5.92 Å². The summed E-state index contributed by atoms with van der Waals surface area (Å²) in [6, 6.07) is -0.633. The van der Waals surface area contributed by atoms with Crippen LogP contribution in [-0.2, 0) is 14.6 Å². The lowest BCUT2D eigenvalue weighted by molar-refractivity contribution is -0.155. The molecule has 2 unspecified atom stereocenters. The average molecular weight is 294 g/mol. The van der Waals surface area contributed by atoms with Crippen molar-refractivity contribution in [2.75, 3.05) is 24.6 Å². The van der Waals surface area contributed by atoms with Gasteiger partial charge in [0, 0.05) is 6.54 Å². The highest BCUT2D eigenvalue weighted by atomic mass is 32.2. The number of rotatable bonds is 5. The van der Waals surface area contributed by atoms with Crippen molar-refractivity contribution in [3.63, 3.8) is 0 Å². The Morgan fingerprint density at radius 1 is 1.37 bits per heavy atom. The van der Waals surface area contributed by atoms with Gasteiger partial charge in [-0.25, -0.2) is 18.0 Å². The van der Waals surface area contributed by atoms with Crippen molar-refractivity contribution in [1.82, 2.24) is 10.6 Å². The monoisotopic (exact) mass is 294 g/mol. The molecular formula is C10H18N2O6S. The molecule has 0 aromatic heterocycles. The van der Waals surface area contributed by atoms with Gasteiger partial charge in [0.15, 0.2) is 15.4 Å². The van der Waals surface area contributed by atoms with E-state index < -0.39 is 34.0 Å². The van der Waals surface area contributed by atoms with Crippen LogP contribution in [0.25, 0.3) is 0 Å². The van der Waals surface area contributed by atoms with E-state index in [1.54, 1.807) is 0 Å². The summed E-state index contributed by atoms with van der Waals surface area (Å²) >= 11 is 0. The zero-order valence-electron chi connectivity index (χ0n) is 10.5. The van der Waals surface area contributed by atoms with Gasteiger partial charge in [-0.05, 0) is 19.3 Å². The molecular weight excluding hydrogens is 276 g/mol. The van der Waals surface area contributed by atoms with Gasteiger partial charge in [0.05, 0.1) is 18.1 Å². The van der Waals surface area contributed by atoms with Gasteiger partial charge in [-0.15, -0.1) is 0 Å². The molecule has 1 aliphatic heterocycles. The number of carboxylic acid groups (broad SMARTS) is 1. The van der Waals surface area contributed by atoms with Crippen LogP contribution in [0.15, 0.2) is 0 Å². The lowest BCUT2D eigenvalue weighted by Gasteiger charge is -2.19. The highest BCUT2D eigenvalue weighted by molar-refractivity contribution is 7.91. The molecule has 0 saturated carbocycles. The number of amides is 2. The quantitative estimate of drug-likeness (QED) is 0.490. The SMILES string of the molecule is CC(O)(CNC(=O)NCC1CCS(=O)(=O)C1)C(=O)O. The summed E-state index contributed by atoms with van der Waals surface area (Å²) in [6.07, 6.45) is 0.509. The summed E-state index contributed by atoms with van der Waals surface area (Å²) in [4.78, 5) is 21.9. The van der Waals surface area contributed by atoms with Crippen molar-refractivity contribution >= 4 is 21.8 Å². The predicted octanol–water partition coefficient (Wildman–Crippen LogP) is -1.44. The first-order chi connectivity index (χ1) is 8.62. The van der Waals surface area contributed by atoms with Crippen LogP contribution in [0.5, 0.6) is 0 Å². The third kappa shape index (κ3) is 5.03. The van der Waals surface area contributed by atoms with E-state index in [0.29, 0.717) is 6.42 Å². The number of hydrogen-bond acceptors (Lipinski definition) is 5. The molecule has 0 bridgehead atoms. The minimum Gasteiger partial charge on any atom is -0.479 e. The molecule has 19 heavy (non-hydrogen) atoms. The molecule has 4 N–H and O–H groups in total. The highest BCUT2D eigenvalue weighted by Gasteiger charge is 2.31. The molecule has 2 amide bonds. The van der Waals surface area contributed by atoms with E-state index in [4.69, 9.17) is 5.11 Å². The fourth-order valence-electron chi connectivity index (χ4n) is 1.66. The van der Waals surface area contributed by atoms with Crippen molar-refractivity contribution in [1.29, 1.82) is 0 Å². The lowest BCUT2D eigenvalue weighted by Crippen LogP contribution is -2.49. The topological polar surface area (TPSA) is 133 Å². The normalized spacial score (nSPS) is 24.4. The summed E-state index contributed by atoms with van der Waals surface area (Å²) in [5.74, 6) is -1.36. The molecule has 9 heteroatoms. The maximum Gasteiger partial charge on any atom is 0.337 e. The van der Waals surface area contributed by atoms with Crippen molar-refractivity contribution in [2.45, 2.75) is 18.9 Å². The molecule has 1 aliphatic rings. The van der Waals surface area contributed by atoms with Crippen LogP contribution in [0.1, 0.15) is 13.3 Å². The zero-order chi connectivity index (χ0) is 14.7. The maximum atomic E-state index is 11.4. The standard InChI is InChI=1S/C10H18N2O6S/c1-10(16,8(13)14)6-12-9(15)11-4-7-2-3-19(17,18)5-7/h7,16H,2-6H2,1H3,(H,13,14)(H2,11,12,15). The third-order valence-electron chi connectivity index (χ3n) is 2.93. The van der Waals surface area contributed by atoms with E-state index >= 15 is 0 Å². The van der Waals surface area contributed by atoms with Gasteiger partial charge in [-0.1, -0.05) is 0 Å². The summed E-state index contributed by atoms with van der Waals surface area (Å²) < 4.78 is 22.4. The molecule has 0 aliphatic carbocycles. The Hall–Kier alpha value is -1.35. The van der Waals surface area contributed by atoms with E-state index in [1.807, 2.05) is 0 Å². The third-order valence-corrected chi connectivity index (χ3v) is 4.77. The number of carboxylic acids is 1. The minimum absolute atomic E-state index is 0.0557. The number of urea groups is 1. The van der Waals surface area contributed by atoms with Crippen LogP contribution >= 0.6 is 0 Å². The average Bonchev–Trinajstić information content (AvgIpc) is 2.63. The number of nitrogens with one attached hydrogen (secondary N) is 2. The zero-order valence-corrected chi connectivity index (χ0v) is 11.4. The Labute approximate surface area is 111 Å². The van der Waals surface area contributed by atoms with Gasteiger partial charge in [0.1, 0.15) is 0 Å². The number of aliphatic carboxylic acids is 1. The summed E-state index contributed by atoms with van der Waals surface area (Å²) in [6.45, 7) is 0.844. The fourth-order valence-corrected chi connectivity index (χ4v) is 3.52. The fraction of sp³-hybridized carbons (Fsp3) is 0.800. The van der Waals surface area contributed by atoms with Crippen LogP contribution < -0.4 is 10.6 Å². The Balaban J connectivity index is 2.28. The molecule has 0 aromatic rings. The van der Waals surface area contributed by atoms with Crippen molar-refractivity contribution < 1.29 is 28.2 Å². The Bertz CT molecular complexity index is 459. The van der Waals surface area contributed by atoms with Gasteiger partial charge < -0.3 is 20.8 Å². The van der Waals surface area contributed by atoms with E-state index in [9.17, 15) is 23.1 Å². The van der Waals surface area contributed by atoms with Crippen molar-refractivity contribution in [3.05, 3.63) is 0 Å². The second-order valence-corrected chi connectivity index (χ2v) is 7.14. The van der Waals surface area contributed by atoms with Gasteiger partial charge in [-0.2, -0.15) is 0 Å². The van der Waals surface area contributed by atoms with E-state index in [2.05, 4.69) is 10.6 Å². The number of carbonyl (C=O) groups excluding carboxylic acids is 1. The highest BCUT2D eigenvalue weighted by Crippen LogP contribution is 2.17. The smallest absolute Gasteiger partial charge is 0.337 e. The molecule has 2 atom stereocenters. The van der Waals surface area contributed by atoms with Crippen LogP contribution in [0.2, 0.25) is 0 Å². The second kappa shape index (κ2) is 5.74. The number of hydrogen-bond donors (Lipinski definition) is 4. The Kier molecular flexibility index (Phi) is 4.75. The largest absolute Gasteiger partial charge is 0.479 e. The summed E-state index contributed by atoms with van der Waals surface area (Å²) in [5.41, 5.74) is -2.03. The van der Waals surface area contributed by atoms with Gasteiger partial charge >= 0.3 is 12.0 Å². The van der Waals surface area contributed by atoms with E-state index in [0.717, 1.165) is 6.92 Å². The van der Waals surface area contributed by atoms with Crippen LogP contribution in [-0.4, -0.2) is 60.8 Å². The first-order valence-corrected chi connectivity index (χ1v) is 7.62. The summed E-state index contributed by atoms with van der Waals surface area (Å²) in [5, 5.41) is 22.7. The molecule has 8 nitrogen and oxygen atoms in total. The van der Waals surface area contributed by atoms with Crippen molar-refractivity contribution in [2.24, 2.45) is 5.92 Å². The van der Waals surface area contributed by atoms with E-state index in [1.165, 1.54) is 0 Å². The number of aliphatic hydroxyl groups is 1. The predicted molar refractivity (Wildman–Crippen MR) is 66.4 cm³/mol. The Morgan fingerprint density at radius 2 is 2.00 bits per heavy atom. The van der Waals surface area contributed by atoms with E-state index in [-0.39, 0.29) is 24.0 Å². The first kappa shape index (κ1) is 15.7. The number of sulfone groups is 1. The van der Waals surface area contributed by atoms with Crippen molar-refractivity contribution in [3.8, 4) is 0 Å². The molecule has 110 valence electrons. The molecule has 1 fully saturated rings. The van der Waals surface area contributed by atoms with Crippen LogP contribution in [0.3, 0.4) is 0 Å². The number of carbonyl (C=O) groups is 2. The molecule has 0 spiro atoms. The molecule has 1 saturated heterocycles. The maximum absolute atomic E-state index is 11.4. The lowest BCUT2D eigenvalue weighted by atomic mass is 10.1. The molecule has 0 radical (unpaired) electrons. The second-order valence-electron chi connectivity index (χ2n) is 4.91. The minimum atomic E-state index is -2.98. The first-order valence-electron chi connectivity index (χ1n) is 5.80. The van der Waals surface area contributed by atoms with Gasteiger partial charge in [0.25, 0.3) is 0 Å². The summed E-state index contributed by atoms with van der Waals surface area (Å²) in [7, 11) is -2.98.